The lowest BCUT2D eigenvalue weighted by molar-refractivity contribution is -0.133. The van der Waals surface area contributed by atoms with Crippen LogP contribution in [0.4, 0.5) is 21.0 Å². The molecule has 1 aliphatic carbocycles. The maximum atomic E-state index is 14.6. The molecule has 6 aliphatic rings. The highest BCUT2D eigenvalue weighted by Crippen LogP contribution is 2.57. The molecule has 0 bridgehead atoms. The van der Waals surface area contributed by atoms with Crippen molar-refractivity contribution in [1.82, 2.24) is 40.7 Å². The molecular formula is C87H99N11O17. The largest absolute Gasteiger partial charge is 0.497 e. The molecule has 8 amide bonds. The van der Waals surface area contributed by atoms with Gasteiger partial charge in [0.05, 0.1) is 82.3 Å². The van der Waals surface area contributed by atoms with E-state index in [2.05, 4.69) is 26.3 Å². The predicted octanol–water partition coefficient (Wildman–Crippen LogP) is 10.8. The lowest BCUT2D eigenvalue weighted by Crippen LogP contribution is -2.50. The zero-order chi connectivity index (χ0) is 81.4. The Morgan fingerprint density at radius 1 is 0.696 bits per heavy atom. The number of para-hydroxylation sites is 1. The number of ketones is 3. The maximum absolute atomic E-state index is 14.6. The number of Topliss-reactive ketones (excluding diaryl/α,β-unsaturated/α-hetero) is 3. The fourth-order valence-electron chi connectivity index (χ4n) is 16.1. The monoisotopic (exact) mass is 1570 g/mol. The number of aliphatic hydroxyl groups excluding tert-OH is 1. The average Bonchev–Trinajstić information content (AvgIpc) is 1.57. The normalized spacial score (nSPS) is 17.3. The van der Waals surface area contributed by atoms with E-state index in [9.17, 15) is 53.1 Å². The number of nitrogens with one attached hydrogen (secondary N) is 3. The fourth-order valence-corrected chi connectivity index (χ4v) is 16.1. The summed E-state index contributed by atoms with van der Waals surface area (Å²) in [7, 11) is 4.59. The third kappa shape index (κ3) is 18.3. The van der Waals surface area contributed by atoms with E-state index < -0.39 is 66.4 Å². The summed E-state index contributed by atoms with van der Waals surface area (Å²) in [5.74, 6) is -2.32. The van der Waals surface area contributed by atoms with Crippen LogP contribution in [0.5, 0.6) is 28.7 Å². The number of hydrogen-bond acceptors (Lipinski definition) is 19. The van der Waals surface area contributed by atoms with Crippen LogP contribution in [0.25, 0.3) is 28.1 Å². The molecule has 28 heteroatoms. The van der Waals surface area contributed by atoms with Gasteiger partial charge in [-0.25, -0.2) is 19.2 Å². The molecule has 1 unspecified atom stereocenters. The molecule has 5 atom stereocenters. The van der Waals surface area contributed by atoms with Gasteiger partial charge in [0.15, 0.2) is 40.8 Å². The van der Waals surface area contributed by atoms with Gasteiger partial charge in [0, 0.05) is 105 Å². The Morgan fingerprint density at radius 2 is 1.38 bits per heavy atom. The number of carbonyl (C=O) groups is 10. The second kappa shape index (κ2) is 35.6. The van der Waals surface area contributed by atoms with Gasteiger partial charge in [0.2, 0.25) is 17.7 Å². The Labute approximate surface area is 667 Å². The van der Waals surface area contributed by atoms with Crippen LogP contribution in [0.3, 0.4) is 0 Å². The van der Waals surface area contributed by atoms with Crippen molar-refractivity contribution in [3.63, 3.8) is 0 Å². The van der Waals surface area contributed by atoms with Gasteiger partial charge < -0.3 is 69.9 Å². The number of benzene rings is 6. The number of hydrogen-bond donors (Lipinski definition) is 5. The first-order valence-electron chi connectivity index (χ1n) is 39.4. The van der Waals surface area contributed by atoms with Crippen molar-refractivity contribution in [2.75, 3.05) is 64.0 Å². The van der Waals surface area contributed by atoms with Crippen molar-refractivity contribution in [1.29, 1.82) is 0 Å². The number of urea groups is 1. The number of rotatable bonds is 33. The maximum Gasteiger partial charge on any atom is 0.416 e. The minimum Gasteiger partial charge on any atom is -0.497 e. The van der Waals surface area contributed by atoms with E-state index in [1.165, 1.54) is 26.4 Å². The van der Waals surface area contributed by atoms with Gasteiger partial charge >= 0.3 is 12.1 Å². The number of aryl methyl sites for hydroxylation is 1. The van der Waals surface area contributed by atoms with Crippen molar-refractivity contribution in [3.8, 4) is 51.3 Å². The van der Waals surface area contributed by atoms with E-state index in [0.717, 1.165) is 75.4 Å². The lowest BCUT2D eigenvalue weighted by atomic mass is 9.89. The number of ether oxygens (including phenoxy) is 6. The highest BCUT2D eigenvalue weighted by Gasteiger charge is 2.58. The minimum absolute atomic E-state index is 0.00457. The zero-order valence-electron chi connectivity index (χ0n) is 65.9. The van der Waals surface area contributed by atoms with Crippen LogP contribution in [0.15, 0.2) is 128 Å². The summed E-state index contributed by atoms with van der Waals surface area (Å²) in [5, 5.41) is 29.3. The highest BCUT2D eigenvalue weighted by atomic mass is 16.6. The Morgan fingerprint density at radius 3 is 2.08 bits per heavy atom. The molecule has 1 spiro atoms. The van der Waals surface area contributed by atoms with Crippen LogP contribution in [0.2, 0.25) is 0 Å². The van der Waals surface area contributed by atoms with Crippen LogP contribution in [-0.2, 0) is 59.5 Å². The first-order chi connectivity index (χ1) is 55.4. The van der Waals surface area contributed by atoms with Crippen molar-refractivity contribution < 1.29 is 81.5 Å². The molecule has 1 aromatic heterocycles. The van der Waals surface area contributed by atoms with Crippen LogP contribution in [0.1, 0.15) is 166 Å². The van der Waals surface area contributed by atoms with Gasteiger partial charge in [0.1, 0.15) is 23.8 Å². The zero-order valence-corrected chi connectivity index (χ0v) is 65.9. The second-order valence-corrected chi connectivity index (χ2v) is 31.1. The van der Waals surface area contributed by atoms with Gasteiger partial charge in [0.25, 0.3) is 11.8 Å². The molecule has 6 heterocycles. The number of methoxy groups -OCH3 is 3. The van der Waals surface area contributed by atoms with Crippen molar-refractivity contribution >= 4 is 76.0 Å². The molecular weight excluding hydrogens is 1470 g/mol. The average molecular weight is 1570 g/mol. The Balaban J connectivity index is 0.596. The van der Waals surface area contributed by atoms with E-state index >= 15 is 0 Å². The minimum atomic E-state index is -1.51. The van der Waals surface area contributed by atoms with Gasteiger partial charge in [-0.05, 0) is 146 Å². The summed E-state index contributed by atoms with van der Waals surface area (Å²) in [4.78, 5) is 144. The van der Waals surface area contributed by atoms with Crippen molar-refractivity contribution in [3.05, 3.63) is 166 Å². The number of anilines is 2. The SMILES string of the molecule is COc1ccc(C2=CN3C(=O)c4cc(OC)c(OCCCOc5cc6c(cc5OC)C(=O)N5CC7(CC7)C[C@H]5C(O)N6C(=O)OCc5ccc(CC(=O)[C@H](CCCNC(N)=O)NC(=O)[C@@H](CC(=O)CNC(=O)CCC(=O)CCC(=O)N6Cc7ccccc7-c7c(nnn7C(C)C)-c7ccccc76)C(C)C)cc5)cc4CC[C@@H]3C2)cc1. The topological polar surface area (TPSA) is 352 Å². The second-order valence-electron chi connectivity index (χ2n) is 31.1. The van der Waals surface area contributed by atoms with E-state index in [4.69, 9.17) is 34.2 Å². The van der Waals surface area contributed by atoms with Crippen LogP contribution >= 0.6 is 0 Å². The first kappa shape index (κ1) is 81.1. The number of amides is 8. The smallest absolute Gasteiger partial charge is 0.416 e. The first-order valence-corrected chi connectivity index (χ1v) is 39.4. The van der Waals surface area contributed by atoms with Gasteiger partial charge in [-0.15, -0.1) is 5.10 Å². The number of aromatic nitrogens is 3. The molecule has 7 aromatic rings. The Kier molecular flexibility index (Phi) is 25.1. The van der Waals surface area contributed by atoms with Crippen molar-refractivity contribution in [2.45, 2.75) is 168 Å². The summed E-state index contributed by atoms with van der Waals surface area (Å²) >= 11 is 0. The molecule has 115 heavy (non-hydrogen) atoms. The lowest BCUT2D eigenvalue weighted by Gasteiger charge is -2.31. The standard InChI is InChI=1S/C87H99N11O17/c1-51(2)65(41-61(100)46-90-77(102)31-27-60(99)28-32-78(103)95-47-57-14-8-9-15-63(57)80-79(92-93-98(80)52(3)4)64-16-10-11-18-69(64)95)81(104)91-68(17-12-35-89-85(88)108)72(101)38-53-19-21-54(22-20-53)49-115-86(109)97-70-44-76(74(112-7)43-67(70)83(106)96-50-87(33-34-87)45-71(96)84(97)107)114-37-13-36-113-75-40-56-23-26-59-39-58(55-24-29-62(110-5)30-25-55)48-94(59)82(105)66(56)42-73(75)111-6/h8-11,14-16,18-22,24-25,29-30,40,42-44,48,51-52,59,65,68,71,84,107H,12-13,17,23,26-28,31-39,41,45-47,49-50H2,1-7H3,(H,90,102)(H,91,104)(H3,88,89,108)/t59-,65+,68+,71+,84?/m1/s1. The van der Waals surface area contributed by atoms with Gasteiger partial charge in [-0.3, -0.25) is 38.4 Å². The van der Waals surface area contributed by atoms with Gasteiger partial charge in [-0.1, -0.05) is 97.9 Å². The number of nitrogens with zero attached hydrogens (tertiary/aromatic N) is 7. The number of fused-ring (bicyclic) bond motifs is 9. The van der Waals surface area contributed by atoms with Crippen LogP contribution in [-0.4, -0.2) is 167 Å². The molecule has 2 fully saturated rings. The summed E-state index contributed by atoms with van der Waals surface area (Å²) in [6, 6.07) is 33.8. The highest BCUT2D eigenvalue weighted by molar-refractivity contribution is 6.07. The third-order valence-electron chi connectivity index (χ3n) is 22.6. The molecule has 28 nitrogen and oxygen atoms in total. The molecule has 1 saturated heterocycles. The molecule has 0 radical (unpaired) electrons. The van der Waals surface area contributed by atoms with E-state index in [1.807, 2.05) is 108 Å². The summed E-state index contributed by atoms with van der Waals surface area (Å²) in [6.07, 6.45) is 3.49. The molecule has 604 valence electrons. The predicted molar refractivity (Wildman–Crippen MR) is 426 cm³/mol. The molecule has 1 saturated carbocycles. The summed E-state index contributed by atoms with van der Waals surface area (Å²) in [5.41, 5.74) is 14.6. The summed E-state index contributed by atoms with van der Waals surface area (Å²) in [6.45, 7) is 7.91. The number of nitrogens with two attached hydrogens (primary N) is 1. The van der Waals surface area contributed by atoms with Crippen LogP contribution < -0.4 is 55.2 Å². The molecule has 6 N–H and O–H groups in total. The number of aliphatic hydroxyl groups is 1. The van der Waals surface area contributed by atoms with Crippen molar-refractivity contribution in [2.24, 2.45) is 23.0 Å². The Hall–Kier alpha value is -11.9. The summed E-state index contributed by atoms with van der Waals surface area (Å²) < 4.78 is 37.4. The van der Waals surface area contributed by atoms with E-state index in [1.54, 1.807) is 61.1 Å². The van der Waals surface area contributed by atoms with E-state index in [-0.39, 0.29) is 154 Å². The fraction of sp³-hybridized carbons (Fsp3) is 0.425. The molecule has 5 aliphatic heterocycles. The van der Waals surface area contributed by atoms with Crippen LogP contribution in [0, 0.1) is 17.3 Å². The quantitative estimate of drug-likeness (QED) is 0.0239. The Bertz CT molecular complexity index is 4900. The number of primary amides is 1. The van der Waals surface area contributed by atoms with Gasteiger partial charge in [-0.2, -0.15) is 0 Å². The molecule has 6 aromatic carbocycles. The third-order valence-corrected chi connectivity index (χ3v) is 22.6. The molecule has 13 rings (SSSR count). The number of carbonyl (C=O) groups excluding carboxylic acids is 10. The van der Waals surface area contributed by atoms with E-state index in [0.29, 0.717) is 65.4 Å².